The summed E-state index contributed by atoms with van der Waals surface area (Å²) in [6, 6.07) is 6.51. The van der Waals surface area contributed by atoms with Crippen LogP contribution in [0.4, 0.5) is 0 Å². The first-order valence-corrected chi connectivity index (χ1v) is 7.08. The van der Waals surface area contributed by atoms with Crippen LogP contribution in [0.15, 0.2) is 24.3 Å². The Morgan fingerprint density at radius 3 is 2.62 bits per heavy atom. The van der Waals surface area contributed by atoms with Crippen LogP contribution in [-0.2, 0) is 14.3 Å². The van der Waals surface area contributed by atoms with E-state index in [9.17, 15) is 9.59 Å². The lowest BCUT2D eigenvalue weighted by Crippen LogP contribution is -2.16. The fraction of sp³-hybridized carbons (Fsp3) is 0.500. The first kappa shape index (κ1) is 17.0. The molecule has 0 bridgehead atoms. The zero-order valence-electron chi connectivity index (χ0n) is 12.8. The highest BCUT2D eigenvalue weighted by molar-refractivity contribution is 5.89. The van der Waals surface area contributed by atoms with Crippen LogP contribution >= 0.6 is 0 Å². The van der Waals surface area contributed by atoms with E-state index in [4.69, 9.17) is 14.2 Å². The first-order valence-electron chi connectivity index (χ1n) is 7.08. The van der Waals surface area contributed by atoms with Gasteiger partial charge in [-0.1, -0.05) is 19.9 Å². The number of hydrogen-bond acceptors (Lipinski definition) is 5. The largest absolute Gasteiger partial charge is 0.482 e. The molecule has 0 atom stereocenters. The van der Waals surface area contributed by atoms with Crippen LogP contribution in [-0.4, -0.2) is 31.8 Å². The van der Waals surface area contributed by atoms with E-state index in [-0.39, 0.29) is 6.61 Å². The Morgan fingerprint density at radius 2 is 1.95 bits per heavy atom. The second-order valence-electron chi connectivity index (χ2n) is 4.94. The lowest BCUT2D eigenvalue weighted by Gasteiger charge is -2.09. The molecule has 0 amide bonds. The van der Waals surface area contributed by atoms with Gasteiger partial charge in [0.1, 0.15) is 5.75 Å². The second kappa shape index (κ2) is 9.00. The summed E-state index contributed by atoms with van der Waals surface area (Å²) in [5.74, 6) is 0.0842. The molecule has 21 heavy (non-hydrogen) atoms. The number of ether oxygens (including phenoxy) is 3. The molecule has 5 heteroatoms. The first-order chi connectivity index (χ1) is 10.0. The molecule has 0 saturated carbocycles. The van der Waals surface area contributed by atoms with Crippen molar-refractivity contribution in [1.29, 1.82) is 0 Å². The topological polar surface area (TPSA) is 61.8 Å². The number of benzene rings is 1. The minimum absolute atomic E-state index is 0.176. The van der Waals surface area contributed by atoms with Gasteiger partial charge in [-0.05, 0) is 37.5 Å². The Morgan fingerprint density at radius 1 is 1.19 bits per heavy atom. The van der Waals surface area contributed by atoms with E-state index in [0.29, 0.717) is 30.4 Å². The summed E-state index contributed by atoms with van der Waals surface area (Å²) in [5, 5.41) is 0. The zero-order valence-corrected chi connectivity index (χ0v) is 12.8. The Hall–Kier alpha value is -2.04. The number of carbonyl (C=O) groups excluding carboxylic acids is 2. The van der Waals surface area contributed by atoms with Crippen molar-refractivity contribution < 1.29 is 23.8 Å². The smallest absolute Gasteiger partial charge is 0.344 e. The fourth-order valence-corrected chi connectivity index (χ4v) is 1.52. The Balaban J connectivity index is 2.43. The molecule has 0 saturated heterocycles. The molecule has 0 aliphatic heterocycles. The van der Waals surface area contributed by atoms with E-state index in [2.05, 4.69) is 13.8 Å². The highest BCUT2D eigenvalue weighted by Gasteiger charge is 2.09. The average molecular weight is 294 g/mol. The Bertz CT molecular complexity index is 467. The van der Waals surface area contributed by atoms with Gasteiger partial charge in [0.15, 0.2) is 6.61 Å². The van der Waals surface area contributed by atoms with E-state index in [1.807, 2.05) is 0 Å². The SMILES string of the molecule is CCOC(=O)c1cccc(OCC(=O)OCCC(C)C)c1. The number of esters is 2. The molecule has 116 valence electrons. The molecule has 5 nitrogen and oxygen atoms in total. The molecule has 0 aromatic heterocycles. The molecule has 1 aromatic carbocycles. The van der Waals surface area contributed by atoms with E-state index in [0.717, 1.165) is 6.42 Å². The fourth-order valence-electron chi connectivity index (χ4n) is 1.52. The second-order valence-corrected chi connectivity index (χ2v) is 4.94. The summed E-state index contributed by atoms with van der Waals surface area (Å²) >= 11 is 0. The predicted octanol–water partition coefficient (Wildman–Crippen LogP) is 2.83. The van der Waals surface area contributed by atoms with Crippen LogP contribution in [0, 0.1) is 5.92 Å². The third kappa shape index (κ3) is 6.79. The van der Waals surface area contributed by atoms with Crippen molar-refractivity contribution in [3.8, 4) is 5.75 Å². The number of carbonyl (C=O) groups is 2. The summed E-state index contributed by atoms with van der Waals surface area (Å²) < 4.78 is 15.2. The van der Waals surface area contributed by atoms with Gasteiger partial charge in [0.2, 0.25) is 0 Å². The normalized spacial score (nSPS) is 10.3. The van der Waals surface area contributed by atoms with Gasteiger partial charge in [0.05, 0.1) is 18.8 Å². The van der Waals surface area contributed by atoms with Crippen LogP contribution in [0.5, 0.6) is 5.75 Å². The van der Waals surface area contributed by atoms with Gasteiger partial charge in [-0.2, -0.15) is 0 Å². The maximum absolute atomic E-state index is 11.6. The van der Waals surface area contributed by atoms with Gasteiger partial charge in [0.25, 0.3) is 0 Å². The van der Waals surface area contributed by atoms with Gasteiger partial charge in [-0.15, -0.1) is 0 Å². The molecule has 1 aromatic rings. The molecule has 0 heterocycles. The van der Waals surface area contributed by atoms with E-state index < -0.39 is 11.9 Å². The van der Waals surface area contributed by atoms with E-state index >= 15 is 0 Å². The Labute approximate surface area is 125 Å². The van der Waals surface area contributed by atoms with Crippen LogP contribution in [0.1, 0.15) is 37.6 Å². The van der Waals surface area contributed by atoms with Crippen molar-refractivity contribution >= 4 is 11.9 Å². The van der Waals surface area contributed by atoms with Crippen molar-refractivity contribution in [3.63, 3.8) is 0 Å². The van der Waals surface area contributed by atoms with Crippen molar-refractivity contribution in [1.82, 2.24) is 0 Å². The summed E-state index contributed by atoms with van der Waals surface area (Å²) in [4.78, 5) is 23.1. The standard InChI is InChI=1S/C16H22O5/c1-4-19-16(18)13-6-5-7-14(10-13)21-11-15(17)20-9-8-12(2)3/h5-7,10,12H,4,8-9,11H2,1-3H3. The average Bonchev–Trinajstić information content (AvgIpc) is 2.45. The summed E-state index contributed by atoms with van der Waals surface area (Å²) in [7, 11) is 0. The minimum Gasteiger partial charge on any atom is -0.482 e. The zero-order chi connectivity index (χ0) is 15.7. The van der Waals surface area contributed by atoms with Gasteiger partial charge in [-0.25, -0.2) is 9.59 Å². The quantitative estimate of drug-likeness (QED) is 0.690. The summed E-state index contributed by atoms with van der Waals surface area (Å²) in [6.45, 7) is 6.39. The predicted molar refractivity (Wildman–Crippen MR) is 78.3 cm³/mol. The molecule has 0 unspecified atom stereocenters. The summed E-state index contributed by atoms with van der Waals surface area (Å²) in [5.41, 5.74) is 0.391. The third-order valence-corrected chi connectivity index (χ3v) is 2.66. The minimum atomic E-state index is -0.419. The Kier molecular flexibility index (Phi) is 7.29. The summed E-state index contributed by atoms with van der Waals surface area (Å²) in [6.07, 6.45) is 0.823. The van der Waals surface area contributed by atoms with Gasteiger partial charge in [0, 0.05) is 0 Å². The highest BCUT2D eigenvalue weighted by atomic mass is 16.6. The molecule has 0 N–H and O–H groups in total. The number of rotatable bonds is 8. The van der Waals surface area contributed by atoms with Crippen molar-refractivity contribution in [3.05, 3.63) is 29.8 Å². The molecule has 0 spiro atoms. The molecular weight excluding hydrogens is 272 g/mol. The van der Waals surface area contributed by atoms with Crippen molar-refractivity contribution in [2.24, 2.45) is 5.92 Å². The molecular formula is C16H22O5. The van der Waals surface area contributed by atoms with E-state index in [1.54, 1.807) is 31.2 Å². The monoisotopic (exact) mass is 294 g/mol. The van der Waals surface area contributed by atoms with E-state index in [1.165, 1.54) is 0 Å². The highest BCUT2D eigenvalue weighted by Crippen LogP contribution is 2.14. The van der Waals surface area contributed by atoms with Crippen LogP contribution < -0.4 is 4.74 Å². The maximum Gasteiger partial charge on any atom is 0.344 e. The van der Waals surface area contributed by atoms with Crippen LogP contribution in [0.3, 0.4) is 0 Å². The van der Waals surface area contributed by atoms with Gasteiger partial charge < -0.3 is 14.2 Å². The number of hydrogen-bond donors (Lipinski definition) is 0. The van der Waals surface area contributed by atoms with Crippen molar-refractivity contribution in [2.75, 3.05) is 19.8 Å². The molecule has 0 radical (unpaired) electrons. The molecule has 0 aliphatic carbocycles. The van der Waals surface area contributed by atoms with Crippen molar-refractivity contribution in [2.45, 2.75) is 27.2 Å². The third-order valence-electron chi connectivity index (χ3n) is 2.66. The van der Waals surface area contributed by atoms with Crippen LogP contribution in [0.2, 0.25) is 0 Å². The molecule has 0 aliphatic rings. The lowest BCUT2D eigenvalue weighted by atomic mass is 10.1. The maximum atomic E-state index is 11.6. The lowest BCUT2D eigenvalue weighted by molar-refractivity contribution is -0.146. The van der Waals surface area contributed by atoms with Gasteiger partial charge in [-0.3, -0.25) is 0 Å². The molecule has 1 rings (SSSR count). The molecule has 0 fully saturated rings. The van der Waals surface area contributed by atoms with Crippen LogP contribution in [0.25, 0.3) is 0 Å². The van der Waals surface area contributed by atoms with Gasteiger partial charge >= 0.3 is 11.9 Å².